The highest BCUT2D eigenvalue weighted by Crippen LogP contribution is 2.36. The van der Waals surface area contributed by atoms with Crippen LogP contribution in [-0.4, -0.2) is 13.0 Å². The fraction of sp³-hybridized carbons (Fsp3) is 0.235. The van der Waals surface area contributed by atoms with Gasteiger partial charge in [-0.3, -0.25) is 4.79 Å². The number of carbonyl (C=O) groups excluding carboxylic acids is 1. The molecule has 0 saturated heterocycles. The first-order valence-electron chi connectivity index (χ1n) is 6.63. The summed E-state index contributed by atoms with van der Waals surface area (Å²) < 4.78 is 0. The predicted octanol–water partition coefficient (Wildman–Crippen LogP) is 3.51. The summed E-state index contributed by atoms with van der Waals surface area (Å²) in [5.74, 6) is 0.196. The highest BCUT2D eigenvalue weighted by atomic mass is 16.2. The van der Waals surface area contributed by atoms with Crippen molar-refractivity contribution < 1.29 is 4.79 Å². The van der Waals surface area contributed by atoms with Crippen LogP contribution in [0.25, 0.3) is 11.1 Å². The Hall–Kier alpha value is -2.09. The number of benzene rings is 2. The molecule has 0 radical (unpaired) electrons. The van der Waals surface area contributed by atoms with Gasteiger partial charge in [0.05, 0.1) is 5.69 Å². The molecule has 2 aromatic carbocycles. The van der Waals surface area contributed by atoms with Crippen molar-refractivity contribution in [1.29, 1.82) is 0 Å². The first-order chi connectivity index (χ1) is 9.18. The van der Waals surface area contributed by atoms with E-state index in [1.54, 1.807) is 4.90 Å². The number of hydrogen-bond acceptors (Lipinski definition) is 1. The third-order valence-corrected chi connectivity index (χ3v) is 3.85. The van der Waals surface area contributed by atoms with Gasteiger partial charge in [-0.15, -0.1) is 0 Å². The highest BCUT2D eigenvalue weighted by Gasteiger charge is 2.25. The second-order valence-electron chi connectivity index (χ2n) is 5.18. The molecule has 1 aliphatic heterocycles. The Bertz CT molecular complexity index is 633. The zero-order valence-electron chi connectivity index (χ0n) is 11.3. The Balaban J connectivity index is 2.28. The van der Waals surface area contributed by atoms with Crippen molar-refractivity contribution in [2.75, 3.05) is 11.9 Å². The van der Waals surface area contributed by atoms with E-state index in [1.165, 1.54) is 11.1 Å². The summed E-state index contributed by atoms with van der Waals surface area (Å²) in [5, 5.41) is 0. The van der Waals surface area contributed by atoms with Gasteiger partial charge in [0, 0.05) is 18.5 Å². The van der Waals surface area contributed by atoms with E-state index >= 15 is 0 Å². The molecule has 1 aliphatic rings. The van der Waals surface area contributed by atoms with E-state index in [0.717, 1.165) is 17.7 Å². The van der Waals surface area contributed by atoms with Gasteiger partial charge in [0.2, 0.25) is 5.91 Å². The van der Waals surface area contributed by atoms with Crippen LogP contribution in [0.3, 0.4) is 0 Å². The summed E-state index contributed by atoms with van der Waals surface area (Å²) in [6.45, 7) is 2.00. The molecule has 0 aliphatic carbocycles. The van der Waals surface area contributed by atoms with Gasteiger partial charge in [0.25, 0.3) is 0 Å². The van der Waals surface area contributed by atoms with E-state index in [4.69, 9.17) is 0 Å². The van der Waals surface area contributed by atoms with Crippen LogP contribution in [-0.2, 0) is 11.2 Å². The van der Waals surface area contributed by atoms with E-state index in [1.807, 2.05) is 38.2 Å². The van der Waals surface area contributed by atoms with Crippen molar-refractivity contribution in [2.24, 2.45) is 5.92 Å². The van der Waals surface area contributed by atoms with Crippen LogP contribution in [0, 0.1) is 5.92 Å². The number of para-hydroxylation sites is 1. The minimum absolute atomic E-state index is 0.0134. The van der Waals surface area contributed by atoms with Crippen molar-refractivity contribution in [3.63, 3.8) is 0 Å². The predicted molar refractivity (Wildman–Crippen MR) is 78.2 cm³/mol. The molecule has 2 aromatic rings. The summed E-state index contributed by atoms with van der Waals surface area (Å²) in [5.41, 5.74) is 4.63. The quantitative estimate of drug-likeness (QED) is 0.701. The van der Waals surface area contributed by atoms with Crippen LogP contribution in [0.2, 0.25) is 0 Å². The standard InChI is InChI=1S/C17H17NO/c1-12-11-13-7-3-4-8-14(13)15-9-5-6-10-16(15)18(2)17(12)19/h3-10,12H,11H2,1-2H3/t12-/m0/s1. The second-order valence-corrected chi connectivity index (χ2v) is 5.18. The fourth-order valence-electron chi connectivity index (χ4n) is 2.82. The lowest BCUT2D eigenvalue weighted by Gasteiger charge is -2.28. The zero-order chi connectivity index (χ0) is 13.4. The first kappa shape index (κ1) is 12.0. The van der Waals surface area contributed by atoms with Gasteiger partial charge in [0.15, 0.2) is 0 Å². The van der Waals surface area contributed by atoms with Gasteiger partial charge in [-0.2, -0.15) is 0 Å². The molecule has 0 saturated carbocycles. The van der Waals surface area contributed by atoms with Gasteiger partial charge in [-0.25, -0.2) is 0 Å². The number of rotatable bonds is 0. The first-order valence-corrected chi connectivity index (χ1v) is 6.63. The van der Waals surface area contributed by atoms with Crippen LogP contribution in [0.4, 0.5) is 5.69 Å². The molecule has 0 aromatic heterocycles. The van der Waals surface area contributed by atoms with Crippen LogP contribution < -0.4 is 4.90 Å². The molecule has 0 fully saturated rings. The summed E-state index contributed by atoms with van der Waals surface area (Å²) >= 11 is 0. The van der Waals surface area contributed by atoms with Crippen molar-refractivity contribution in [3.8, 4) is 11.1 Å². The monoisotopic (exact) mass is 251 g/mol. The van der Waals surface area contributed by atoms with E-state index in [2.05, 4.69) is 24.3 Å². The Morgan fingerprint density at radius 2 is 1.63 bits per heavy atom. The number of carbonyl (C=O) groups is 1. The minimum Gasteiger partial charge on any atom is -0.315 e. The van der Waals surface area contributed by atoms with E-state index in [0.29, 0.717) is 0 Å². The third-order valence-electron chi connectivity index (χ3n) is 3.85. The van der Waals surface area contributed by atoms with Gasteiger partial charge in [-0.05, 0) is 23.6 Å². The average Bonchev–Trinajstić information content (AvgIpc) is 2.45. The van der Waals surface area contributed by atoms with Crippen LogP contribution in [0.1, 0.15) is 12.5 Å². The molecule has 0 unspecified atom stereocenters. The Morgan fingerprint density at radius 1 is 1.00 bits per heavy atom. The maximum atomic E-state index is 12.4. The van der Waals surface area contributed by atoms with E-state index in [9.17, 15) is 4.79 Å². The third kappa shape index (κ3) is 1.93. The molecule has 3 rings (SSSR count). The van der Waals surface area contributed by atoms with Crippen LogP contribution in [0.15, 0.2) is 48.5 Å². The number of amides is 1. The largest absolute Gasteiger partial charge is 0.315 e. The molecule has 0 bridgehead atoms. The molecule has 0 spiro atoms. The summed E-state index contributed by atoms with van der Waals surface area (Å²) in [6.07, 6.45) is 0.799. The molecule has 19 heavy (non-hydrogen) atoms. The molecular weight excluding hydrogens is 234 g/mol. The fourth-order valence-corrected chi connectivity index (χ4v) is 2.82. The van der Waals surface area contributed by atoms with Crippen molar-refractivity contribution in [2.45, 2.75) is 13.3 Å². The SMILES string of the molecule is C[C@H]1Cc2ccccc2-c2ccccc2N(C)C1=O. The van der Waals surface area contributed by atoms with Gasteiger partial charge >= 0.3 is 0 Å². The zero-order valence-corrected chi connectivity index (χ0v) is 11.3. The minimum atomic E-state index is 0.0134. The summed E-state index contributed by atoms with van der Waals surface area (Å²) in [6, 6.07) is 16.5. The molecule has 1 heterocycles. The molecular formula is C17H17NO. The summed E-state index contributed by atoms with van der Waals surface area (Å²) in [7, 11) is 1.87. The maximum Gasteiger partial charge on any atom is 0.229 e. The summed E-state index contributed by atoms with van der Waals surface area (Å²) in [4.78, 5) is 14.2. The topological polar surface area (TPSA) is 20.3 Å². The highest BCUT2D eigenvalue weighted by molar-refractivity contribution is 6.00. The normalized spacial score (nSPS) is 18.3. The average molecular weight is 251 g/mol. The van der Waals surface area contributed by atoms with Crippen molar-refractivity contribution in [1.82, 2.24) is 0 Å². The number of anilines is 1. The Morgan fingerprint density at radius 3 is 2.42 bits per heavy atom. The number of fused-ring (bicyclic) bond motifs is 3. The van der Waals surface area contributed by atoms with Gasteiger partial charge in [0.1, 0.15) is 0 Å². The second kappa shape index (κ2) is 4.54. The van der Waals surface area contributed by atoms with Gasteiger partial charge < -0.3 is 4.90 Å². The lowest BCUT2D eigenvalue weighted by atomic mass is 9.89. The molecule has 2 nitrogen and oxygen atoms in total. The van der Waals surface area contributed by atoms with E-state index in [-0.39, 0.29) is 11.8 Å². The maximum absolute atomic E-state index is 12.4. The van der Waals surface area contributed by atoms with Crippen molar-refractivity contribution >= 4 is 11.6 Å². The number of nitrogens with zero attached hydrogens (tertiary/aromatic N) is 1. The lowest BCUT2D eigenvalue weighted by Crippen LogP contribution is -2.34. The lowest BCUT2D eigenvalue weighted by molar-refractivity contribution is -0.121. The molecule has 1 atom stereocenters. The Kier molecular flexibility index (Phi) is 2.86. The molecule has 2 heteroatoms. The van der Waals surface area contributed by atoms with E-state index < -0.39 is 0 Å². The molecule has 0 N–H and O–H groups in total. The Labute approximate surface area is 113 Å². The van der Waals surface area contributed by atoms with Crippen LogP contribution >= 0.6 is 0 Å². The van der Waals surface area contributed by atoms with Crippen LogP contribution in [0.5, 0.6) is 0 Å². The smallest absolute Gasteiger partial charge is 0.229 e. The van der Waals surface area contributed by atoms with Gasteiger partial charge in [-0.1, -0.05) is 49.4 Å². The number of hydrogen-bond donors (Lipinski definition) is 0. The van der Waals surface area contributed by atoms with Crippen molar-refractivity contribution in [3.05, 3.63) is 54.1 Å². The molecule has 96 valence electrons. The molecule has 1 amide bonds.